The van der Waals surface area contributed by atoms with Gasteiger partial charge in [-0.3, -0.25) is 0 Å². The van der Waals surface area contributed by atoms with Gasteiger partial charge in [0, 0.05) is 5.75 Å². The van der Waals surface area contributed by atoms with E-state index < -0.39 is 0 Å². The Morgan fingerprint density at radius 2 is 2.29 bits per heavy atom. The molecule has 0 aliphatic carbocycles. The first kappa shape index (κ1) is 11.6. The van der Waals surface area contributed by atoms with E-state index in [2.05, 4.69) is 28.9 Å². The van der Waals surface area contributed by atoms with Gasteiger partial charge in [0.05, 0.1) is 13.0 Å². The maximum atomic E-state index is 3.32. The Labute approximate surface area is 91.1 Å². The monoisotopic (exact) mass is 213 g/mol. The van der Waals surface area contributed by atoms with Crippen molar-refractivity contribution >= 4 is 11.8 Å². The van der Waals surface area contributed by atoms with Crippen LogP contribution in [0.15, 0.2) is 12.4 Å². The number of thioether (sulfide) groups is 1. The van der Waals surface area contributed by atoms with Crippen molar-refractivity contribution in [1.29, 1.82) is 0 Å². The molecule has 0 aromatic carbocycles. The predicted molar refractivity (Wildman–Crippen MR) is 62.6 cm³/mol. The standard InChI is InChI=1S/C11H20N2S/c1-3-4-5-8-13-9-7-12-11(13)6-10-14-2/h7,9H,3-6,8,10H2,1-2H3/p+1. The SMILES string of the molecule is CCCCC[n+]1cc[nH]c1CCSC. The lowest BCUT2D eigenvalue weighted by Gasteiger charge is -1.99. The summed E-state index contributed by atoms with van der Waals surface area (Å²) >= 11 is 1.90. The number of aromatic nitrogens is 2. The van der Waals surface area contributed by atoms with Crippen LogP contribution in [0.5, 0.6) is 0 Å². The molecule has 14 heavy (non-hydrogen) atoms. The lowest BCUT2D eigenvalue weighted by Crippen LogP contribution is -2.36. The van der Waals surface area contributed by atoms with E-state index in [0.29, 0.717) is 0 Å². The highest BCUT2D eigenvalue weighted by Crippen LogP contribution is 1.99. The maximum Gasteiger partial charge on any atom is 0.255 e. The summed E-state index contributed by atoms with van der Waals surface area (Å²) in [5.41, 5.74) is 0. The zero-order valence-electron chi connectivity index (χ0n) is 9.25. The molecule has 0 bridgehead atoms. The molecule has 1 aromatic rings. The van der Waals surface area contributed by atoms with E-state index in [1.54, 1.807) is 0 Å². The summed E-state index contributed by atoms with van der Waals surface area (Å²) in [6.45, 7) is 3.41. The van der Waals surface area contributed by atoms with Gasteiger partial charge in [0.1, 0.15) is 12.4 Å². The Balaban J connectivity index is 2.37. The molecule has 80 valence electrons. The molecule has 3 heteroatoms. The Hall–Kier alpha value is -0.440. The number of aromatic amines is 1. The van der Waals surface area contributed by atoms with E-state index in [-0.39, 0.29) is 0 Å². The fourth-order valence-corrected chi connectivity index (χ4v) is 1.95. The molecule has 0 amide bonds. The van der Waals surface area contributed by atoms with Crippen LogP contribution in [0.3, 0.4) is 0 Å². The highest BCUT2D eigenvalue weighted by molar-refractivity contribution is 7.98. The number of aryl methyl sites for hydroxylation is 2. The fraction of sp³-hybridized carbons (Fsp3) is 0.727. The summed E-state index contributed by atoms with van der Waals surface area (Å²) in [5.74, 6) is 2.57. The minimum Gasteiger partial charge on any atom is -0.248 e. The number of hydrogen-bond donors (Lipinski definition) is 1. The van der Waals surface area contributed by atoms with Crippen LogP contribution in [-0.4, -0.2) is 17.0 Å². The first-order valence-electron chi connectivity index (χ1n) is 5.43. The lowest BCUT2D eigenvalue weighted by atomic mass is 10.2. The summed E-state index contributed by atoms with van der Waals surface area (Å²) in [6.07, 6.45) is 11.4. The number of imidazole rings is 1. The summed E-state index contributed by atoms with van der Waals surface area (Å²) in [5, 5.41) is 0. The molecule has 2 nitrogen and oxygen atoms in total. The zero-order valence-corrected chi connectivity index (χ0v) is 10.1. The van der Waals surface area contributed by atoms with E-state index in [0.717, 1.165) is 6.42 Å². The van der Waals surface area contributed by atoms with E-state index in [4.69, 9.17) is 0 Å². The van der Waals surface area contributed by atoms with Crippen molar-refractivity contribution in [3.63, 3.8) is 0 Å². The molecule has 0 fully saturated rings. The van der Waals surface area contributed by atoms with E-state index in [1.165, 1.54) is 37.4 Å². The third kappa shape index (κ3) is 3.74. The molecular formula is C11H21N2S+. The van der Waals surface area contributed by atoms with E-state index in [9.17, 15) is 0 Å². The zero-order chi connectivity index (χ0) is 10.2. The summed E-state index contributed by atoms with van der Waals surface area (Å²) in [6, 6.07) is 0. The number of nitrogens with zero attached hydrogens (tertiary/aromatic N) is 1. The maximum absolute atomic E-state index is 3.32. The van der Waals surface area contributed by atoms with Crippen LogP contribution in [0.4, 0.5) is 0 Å². The average molecular weight is 213 g/mol. The number of H-pyrrole nitrogens is 1. The first-order valence-corrected chi connectivity index (χ1v) is 6.82. The minimum absolute atomic E-state index is 1.15. The smallest absolute Gasteiger partial charge is 0.248 e. The van der Waals surface area contributed by atoms with Crippen LogP contribution in [0.1, 0.15) is 32.0 Å². The van der Waals surface area contributed by atoms with Crippen molar-refractivity contribution in [2.45, 2.75) is 39.2 Å². The summed E-state index contributed by atoms with van der Waals surface area (Å²) < 4.78 is 2.35. The van der Waals surface area contributed by atoms with Crippen LogP contribution in [0.2, 0.25) is 0 Å². The van der Waals surface area contributed by atoms with Gasteiger partial charge >= 0.3 is 0 Å². The Kier molecular flexibility index (Phi) is 5.76. The average Bonchev–Trinajstić information content (AvgIpc) is 2.63. The number of rotatable bonds is 7. The molecule has 0 aliphatic heterocycles. The summed E-state index contributed by atoms with van der Waals surface area (Å²) in [7, 11) is 0. The van der Waals surface area contributed by atoms with Gasteiger partial charge in [-0.05, 0) is 19.1 Å². The fourth-order valence-electron chi connectivity index (χ4n) is 1.55. The van der Waals surface area contributed by atoms with Gasteiger partial charge in [0.25, 0.3) is 5.82 Å². The quantitative estimate of drug-likeness (QED) is 0.544. The highest BCUT2D eigenvalue weighted by Gasteiger charge is 2.08. The largest absolute Gasteiger partial charge is 0.255 e. The molecule has 1 rings (SSSR count). The topological polar surface area (TPSA) is 19.7 Å². The Bertz CT molecular complexity index is 245. The first-order chi connectivity index (χ1) is 6.88. The van der Waals surface area contributed by atoms with Gasteiger partial charge in [0.2, 0.25) is 0 Å². The van der Waals surface area contributed by atoms with Crippen molar-refractivity contribution in [3.05, 3.63) is 18.2 Å². The van der Waals surface area contributed by atoms with Crippen LogP contribution in [-0.2, 0) is 13.0 Å². The molecule has 1 heterocycles. The molecule has 0 saturated carbocycles. The third-order valence-electron chi connectivity index (χ3n) is 2.40. The highest BCUT2D eigenvalue weighted by atomic mass is 32.2. The van der Waals surface area contributed by atoms with Gasteiger partial charge in [-0.15, -0.1) is 0 Å². The normalized spacial score (nSPS) is 10.7. The van der Waals surface area contributed by atoms with Crippen molar-refractivity contribution in [2.24, 2.45) is 0 Å². The van der Waals surface area contributed by atoms with Gasteiger partial charge in [0.15, 0.2) is 0 Å². The Morgan fingerprint density at radius 1 is 1.43 bits per heavy atom. The minimum atomic E-state index is 1.15. The second-order valence-corrected chi connectivity index (χ2v) is 4.54. The number of nitrogens with one attached hydrogen (secondary N) is 1. The molecule has 0 unspecified atom stereocenters. The second kappa shape index (κ2) is 6.93. The van der Waals surface area contributed by atoms with Gasteiger partial charge in [-0.25, -0.2) is 9.55 Å². The third-order valence-corrected chi connectivity index (χ3v) is 3.01. The van der Waals surface area contributed by atoms with Crippen LogP contribution in [0.25, 0.3) is 0 Å². The van der Waals surface area contributed by atoms with Crippen LogP contribution < -0.4 is 4.57 Å². The van der Waals surface area contributed by atoms with Gasteiger partial charge < -0.3 is 0 Å². The van der Waals surface area contributed by atoms with Crippen molar-refractivity contribution in [1.82, 2.24) is 4.98 Å². The van der Waals surface area contributed by atoms with Crippen molar-refractivity contribution < 1.29 is 4.57 Å². The molecular weight excluding hydrogens is 192 g/mol. The summed E-state index contributed by atoms with van der Waals surface area (Å²) in [4.78, 5) is 3.32. The predicted octanol–water partition coefficient (Wildman–Crippen LogP) is 2.40. The van der Waals surface area contributed by atoms with Crippen LogP contribution >= 0.6 is 11.8 Å². The second-order valence-electron chi connectivity index (χ2n) is 3.55. The molecule has 1 N–H and O–H groups in total. The molecule has 1 aromatic heterocycles. The number of unbranched alkanes of at least 4 members (excludes halogenated alkanes) is 2. The molecule has 0 saturated heterocycles. The molecule has 0 aliphatic rings. The van der Waals surface area contributed by atoms with Crippen LogP contribution in [0, 0.1) is 0 Å². The van der Waals surface area contributed by atoms with Crippen molar-refractivity contribution in [2.75, 3.05) is 12.0 Å². The lowest BCUT2D eigenvalue weighted by molar-refractivity contribution is -0.703. The number of hydrogen-bond acceptors (Lipinski definition) is 1. The van der Waals surface area contributed by atoms with Crippen molar-refractivity contribution in [3.8, 4) is 0 Å². The van der Waals surface area contributed by atoms with Gasteiger partial charge in [-0.2, -0.15) is 11.8 Å². The molecule has 0 atom stereocenters. The Morgan fingerprint density at radius 3 is 3.00 bits per heavy atom. The molecule has 0 radical (unpaired) electrons. The van der Waals surface area contributed by atoms with E-state index >= 15 is 0 Å². The van der Waals surface area contributed by atoms with E-state index in [1.807, 2.05) is 18.0 Å². The molecule has 0 spiro atoms. The van der Waals surface area contributed by atoms with Gasteiger partial charge in [-0.1, -0.05) is 13.3 Å².